The Kier molecular flexibility index (Phi) is 3.66. The Labute approximate surface area is 128 Å². The Bertz CT molecular complexity index is 679. The van der Waals surface area contributed by atoms with Crippen LogP contribution in [0, 0.1) is 6.92 Å². The maximum absolute atomic E-state index is 12.4. The van der Waals surface area contributed by atoms with Crippen molar-refractivity contribution in [3.63, 3.8) is 0 Å². The number of amides is 2. The molecular weight excluding hydrogens is 280 g/mol. The van der Waals surface area contributed by atoms with Gasteiger partial charge in [0.2, 0.25) is 5.91 Å². The van der Waals surface area contributed by atoms with Gasteiger partial charge < -0.3 is 9.80 Å². The third kappa shape index (κ3) is 2.59. The standard InChI is InChI=1S/C16H18N4O2/c1-11-3-5-13(6-4-11)20-9-12(2)19(10-15(20)21)16(22)14-7-8-17-18-14/h3-8,12H,9-10H2,1-2H3,(H,17,18)/t12-/m0/s1. The fourth-order valence-corrected chi connectivity index (χ4v) is 2.63. The van der Waals surface area contributed by atoms with Gasteiger partial charge in [-0.15, -0.1) is 0 Å². The average Bonchev–Trinajstić information content (AvgIpc) is 3.04. The minimum Gasteiger partial charge on any atom is -0.324 e. The molecule has 22 heavy (non-hydrogen) atoms. The number of nitrogens with zero attached hydrogens (tertiary/aromatic N) is 3. The number of hydrogen-bond donors (Lipinski definition) is 1. The number of anilines is 1. The number of carbonyl (C=O) groups excluding carboxylic acids is 2. The maximum Gasteiger partial charge on any atom is 0.272 e. The first kappa shape index (κ1) is 14.3. The van der Waals surface area contributed by atoms with E-state index in [-0.39, 0.29) is 24.4 Å². The number of carbonyl (C=O) groups is 2. The van der Waals surface area contributed by atoms with E-state index in [1.54, 1.807) is 15.9 Å². The molecule has 2 aromatic rings. The van der Waals surface area contributed by atoms with Gasteiger partial charge in [-0.3, -0.25) is 14.7 Å². The number of nitrogens with one attached hydrogen (secondary N) is 1. The van der Waals surface area contributed by atoms with Crippen molar-refractivity contribution in [1.82, 2.24) is 15.1 Å². The smallest absolute Gasteiger partial charge is 0.272 e. The van der Waals surface area contributed by atoms with E-state index in [0.717, 1.165) is 11.3 Å². The van der Waals surface area contributed by atoms with E-state index in [9.17, 15) is 9.59 Å². The quantitative estimate of drug-likeness (QED) is 0.915. The van der Waals surface area contributed by atoms with Crippen molar-refractivity contribution < 1.29 is 9.59 Å². The zero-order valence-electron chi connectivity index (χ0n) is 12.6. The Morgan fingerprint density at radius 2 is 2.00 bits per heavy atom. The topological polar surface area (TPSA) is 69.3 Å². The van der Waals surface area contributed by atoms with Gasteiger partial charge in [0.15, 0.2) is 0 Å². The van der Waals surface area contributed by atoms with E-state index in [4.69, 9.17) is 0 Å². The second kappa shape index (κ2) is 5.63. The maximum atomic E-state index is 12.4. The predicted molar refractivity (Wildman–Crippen MR) is 82.6 cm³/mol. The van der Waals surface area contributed by atoms with Gasteiger partial charge in [0, 0.05) is 24.5 Å². The molecule has 2 heterocycles. The molecule has 1 aliphatic rings. The summed E-state index contributed by atoms with van der Waals surface area (Å²) < 4.78 is 0. The number of H-pyrrole nitrogens is 1. The Morgan fingerprint density at radius 1 is 1.27 bits per heavy atom. The molecule has 6 nitrogen and oxygen atoms in total. The molecule has 0 spiro atoms. The first-order chi connectivity index (χ1) is 10.6. The van der Waals surface area contributed by atoms with Crippen LogP contribution in [0.15, 0.2) is 36.5 Å². The third-order valence-electron chi connectivity index (χ3n) is 3.92. The summed E-state index contributed by atoms with van der Waals surface area (Å²) in [4.78, 5) is 28.1. The lowest BCUT2D eigenvalue weighted by Crippen LogP contribution is -2.57. The van der Waals surface area contributed by atoms with Crippen LogP contribution in [-0.4, -0.2) is 46.0 Å². The molecule has 0 saturated carbocycles. The summed E-state index contributed by atoms with van der Waals surface area (Å²) in [6.45, 7) is 4.52. The number of aromatic nitrogens is 2. The van der Waals surface area contributed by atoms with E-state index in [1.165, 1.54) is 6.20 Å². The highest BCUT2D eigenvalue weighted by molar-refractivity contribution is 6.01. The van der Waals surface area contributed by atoms with Crippen LogP contribution >= 0.6 is 0 Å². The van der Waals surface area contributed by atoms with Crippen LogP contribution in [0.1, 0.15) is 23.0 Å². The molecule has 3 rings (SSSR count). The Hall–Kier alpha value is -2.63. The third-order valence-corrected chi connectivity index (χ3v) is 3.92. The summed E-state index contributed by atoms with van der Waals surface area (Å²) >= 11 is 0. The normalized spacial score (nSPS) is 18.6. The molecule has 1 aliphatic heterocycles. The van der Waals surface area contributed by atoms with Gasteiger partial charge in [-0.05, 0) is 32.0 Å². The lowest BCUT2D eigenvalue weighted by atomic mass is 10.1. The van der Waals surface area contributed by atoms with Crippen LogP contribution in [0.3, 0.4) is 0 Å². The molecule has 1 fully saturated rings. The molecule has 114 valence electrons. The summed E-state index contributed by atoms with van der Waals surface area (Å²) in [7, 11) is 0. The fraction of sp³-hybridized carbons (Fsp3) is 0.312. The van der Waals surface area contributed by atoms with E-state index in [2.05, 4.69) is 10.2 Å². The van der Waals surface area contributed by atoms with Gasteiger partial charge in [-0.2, -0.15) is 5.10 Å². The van der Waals surface area contributed by atoms with Crippen LogP contribution in [0.4, 0.5) is 5.69 Å². The molecule has 0 unspecified atom stereocenters. The molecule has 1 aromatic heterocycles. The van der Waals surface area contributed by atoms with Gasteiger partial charge >= 0.3 is 0 Å². The van der Waals surface area contributed by atoms with Crippen molar-refractivity contribution in [2.75, 3.05) is 18.0 Å². The van der Waals surface area contributed by atoms with Gasteiger partial charge in [-0.25, -0.2) is 0 Å². The van der Waals surface area contributed by atoms with E-state index in [0.29, 0.717) is 12.2 Å². The largest absolute Gasteiger partial charge is 0.324 e. The second-order valence-electron chi connectivity index (χ2n) is 5.59. The molecule has 1 aromatic carbocycles. The number of benzene rings is 1. The van der Waals surface area contributed by atoms with Crippen LogP contribution in [-0.2, 0) is 4.79 Å². The molecule has 6 heteroatoms. The van der Waals surface area contributed by atoms with Gasteiger partial charge in [0.05, 0.1) is 0 Å². The number of rotatable bonds is 2. The summed E-state index contributed by atoms with van der Waals surface area (Å²) in [6, 6.07) is 9.39. The van der Waals surface area contributed by atoms with Gasteiger partial charge in [0.1, 0.15) is 12.2 Å². The average molecular weight is 298 g/mol. The van der Waals surface area contributed by atoms with Crippen molar-refractivity contribution >= 4 is 17.5 Å². The number of hydrogen-bond acceptors (Lipinski definition) is 3. The van der Waals surface area contributed by atoms with E-state index < -0.39 is 0 Å². The summed E-state index contributed by atoms with van der Waals surface area (Å²) in [5.41, 5.74) is 2.43. The molecule has 1 atom stereocenters. The zero-order valence-corrected chi connectivity index (χ0v) is 12.6. The Morgan fingerprint density at radius 3 is 2.64 bits per heavy atom. The molecular formula is C16H18N4O2. The molecule has 0 bridgehead atoms. The highest BCUT2D eigenvalue weighted by Gasteiger charge is 2.34. The minimum absolute atomic E-state index is 0.0604. The highest BCUT2D eigenvalue weighted by Crippen LogP contribution is 2.21. The molecule has 0 radical (unpaired) electrons. The van der Waals surface area contributed by atoms with Crippen LogP contribution in [0.5, 0.6) is 0 Å². The SMILES string of the molecule is Cc1ccc(N2C[C@H](C)N(C(=O)c3ccn[nH]3)CC2=O)cc1. The first-order valence-electron chi connectivity index (χ1n) is 7.23. The van der Waals surface area contributed by atoms with Crippen molar-refractivity contribution in [3.8, 4) is 0 Å². The van der Waals surface area contributed by atoms with Gasteiger partial charge in [-0.1, -0.05) is 17.7 Å². The Balaban J connectivity index is 1.78. The highest BCUT2D eigenvalue weighted by atomic mass is 16.2. The monoisotopic (exact) mass is 298 g/mol. The van der Waals surface area contributed by atoms with Crippen molar-refractivity contribution in [3.05, 3.63) is 47.8 Å². The van der Waals surface area contributed by atoms with E-state index >= 15 is 0 Å². The lowest BCUT2D eigenvalue weighted by Gasteiger charge is -2.39. The van der Waals surface area contributed by atoms with Crippen LogP contribution < -0.4 is 4.90 Å². The number of aryl methyl sites for hydroxylation is 1. The minimum atomic E-state index is -0.193. The number of aromatic amines is 1. The van der Waals surface area contributed by atoms with E-state index in [1.807, 2.05) is 38.1 Å². The van der Waals surface area contributed by atoms with Gasteiger partial charge in [0.25, 0.3) is 5.91 Å². The van der Waals surface area contributed by atoms with Crippen molar-refractivity contribution in [1.29, 1.82) is 0 Å². The van der Waals surface area contributed by atoms with Crippen LogP contribution in [0.2, 0.25) is 0 Å². The summed E-state index contributed by atoms with van der Waals surface area (Å²) in [5.74, 6) is -0.267. The second-order valence-corrected chi connectivity index (χ2v) is 5.59. The number of piperazine rings is 1. The van der Waals surface area contributed by atoms with Crippen molar-refractivity contribution in [2.24, 2.45) is 0 Å². The summed E-state index contributed by atoms with van der Waals surface area (Å²) in [6.07, 6.45) is 1.53. The predicted octanol–water partition coefficient (Wildman–Crippen LogP) is 1.60. The lowest BCUT2D eigenvalue weighted by molar-refractivity contribution is -0.121. The van der Waals surface area contributed by atoms with Crippen molar-refractivity contribution in [2.45, 2.75) is 19.9 Å². The summed E-state index contributed by atoms with van der Waals surface area (Å²) in [5, 5.41) is 6.44. The fourth-order valence-electron chi connectivity index (χ4n) is 2.63. The zero-order chi connectivity index (χ0) is 15.7. The first-order valence-corrected chi connectivity index (χ1v) is 7.23. The van der Waals surface area contributed by atoms with Crippen LogP contribution in [0.25, 0.3) is 0 Å². The molecule has 2 amide bonds. The molecule has 0 aliphatic carbocycles. The molecule has 1 saturated heterocycles. The molecule has 1 N–H and O–H groups in total.